The fourth-order valence-electron chi connectivity index (χ4n) is 2.27. The van der Waals surface area contributed by atoms with Crippen molar-refractivity contribution in [3.63, 3.8) is 0 Å². The molecule has 5 heteroatoms. The average molecular weight is 277 g/mol. The van der Waals surface area contributed by atoms with Crippen molar-refractivity contribution >= 4 is 11.9 Å². The van der Waals surface area contributed by atoms with E-state index in [1.807, 2.05) is 31.2 Å². The summed E-state index contributed by atoms with van der Waals surface area (Å²) in [4.78, 5) is 24.9. The van der Waals surface area contributed by atoms with Gasteiger partial charge in [-0.1, -0.05) is 18.2 Å². The molecule has 1 fully saturated rings. The second-order valence-electron chi connectivity index (χ2n) is 5.09. The molecule has 0 aliphatic heterocycles. The molecule has 0 spiro atoms. The quantitative estimate of drug-likeness (QED) is 0.807. The van der Waals surface area contributed by atoms with Crippen molar-refractivity contribution in [1.82, 2.24) is 4.90 Å². The highest BCUT2D eigenvalue weighted by Crippen LogP contribution is 2.47. The molecule has 1 aliphatic carbocycles. The van der Waals surface area contributed by atoms with E-state index in [2.05, 4.69) is 0 Å². The maximum atomic E-state index is 12.2. The Balaban J connectivity index is 2.10. The van der Waals surface area contributed by atoms with Gasteiger partial charge in [-0.05, 0) is 25.8 Å². The molecular formula is C15H19NO4. The number of carboxylic acid groups (broad SMARTS) is 1. The number of carbonyl (C=O) groups excluding carboxylic acids is 1. The lowest BCUT2D eigenvalue weighted by Crippen LogP contribution is -2.38. The van der Waals surface area contributed by atoms with Crippen molar-refractivity contribution in [1.29, 1.82) is 0 Å². The lowest BCUT2D eigenvalue weighted by atomic mass is 10.1. The van der Waals surface area contributed by atoms with Gasteiger partial charge in [0.25, 0.3) is 0 Å². The number of benzene rings is 1. The largest absolute Gasteiger partial charge is 0.494 e. The van der Waals surface area contributed by atoms with Crippen LogP contribution in [0, 0.1) is 5.41 Å². The third-order valence-electron chi connectivity index (χ3n) is 3.60. The van der Waals surface area contributed by atoms with Gasteiger partial charge in [0.2, 0.25) is 5.91 Å². The molecule has 20 heavy (non-hydrogen) atoms. The zero-order chi connectivity index (χ0) is 14.8. The van der Waals surface area contributed by atoms with Crippen LogP contribution >= 0.6 is 0 Å². The first kappa shape index (κ1) is 14.4. The highest BCUT2D eigenvalue weighted by molar-refractivity contribution is 6.04. The maximum absolute atomic E-state index is 12.2. The van der Waals surface area contributed by atoms with Gasteiger partial charge in [-0.2, -0.15) is 0 Å². The Kier molecular flexibility index (Phi) is 3.97. The summed E-state index contributed by atoms with van der Waals surface area (Å²) < 4.78 is 5.51. The Morgan fingerprint density at radius 2 is 2.00 bits per heavy atom. The minimum absolute atomic E-state index is 0.323. The number of carboxylic acids is 1. The lowest BCUT2D eigenvalue weighted by molar-refractivity contribution is -0.153. The predicted octanol–water partition coefficient (Wildman–Crippen LogP) is 1.91. The number of ether oxygens (including phenoxy) is 1. The highest BCUT2D eigenvalue weighted by Gasteiger charge is 2.58. The number of carbonyl (C=O) groups is 2. The molecule has 0 bridgehead atoms. The molecule has 1 saturated carbocycles. The van der Waals surface area contributed by atoms with E-state index >= 15 is 0 Å². The van der Waals surface area contributed by atoms with Gasteiger partial charge in [-0.25, -0.2) is 0 Å². The van der Waals surface area contributed by atoms with E-state index in [-0.39, 0.29) is 5.91 Å². The number of nitrogens with zero attached hydrogens (tertiary/aromatic N) is 1. The van der Waals surface area contributed by atoms with E-state index in [4.69, 9.17) is 9.84 Å². The van der Waals surface area contributed by atoms with E-state index in [0.29, 0.717) is 26.0 Å². The molecule has 0 saturated heterocycles. The van der Waals surface area contributed by atoms with E-state index in [1.54, 1.807) is 7.05 Å². The molecule has 0 radical (unpaired) electrons. The SMILES string of the molecule is CCOc1ccccc1CN(C)C(=O)C1(C(=O)O)CC1. The predicted molar refractivity (Wildman–Crippen MR) is 73.4 cm³/mol. The molecule has 0 atom stereocenters. The smallest absolute Gasteiger partial charge is 0.319 e. The summed E-state index contributed by atoms with van der Waals surface area (Å²) in [6, 6.07) is 7.48. The Morgan fingerprint density at radius 3 is 2.55 bits per heavy atom. The molecule has 1 aliphatic rings. The van der Waals surface area contributed by atoms with Crippen LogP contribution in [0.3, 0.4) is 0 Å². The molecule has 108 valence electrons. The molecular weight excluding hydrogens is 258 g/mol. The number of hydrogen-bond acceptors (Lipinski definition) is 3. The zero-order valence-corrected chi connectivity index (χ0v) is 11.8. The van der Waals surface area contributed by atoms with E-state index in [9.17, 15) is 9.59 Å². The van der Waals surface area contributed by atoms with Crippen molar-refractivity contribution in [2.75, 3.05) is 13.7 Å². The topological polar surface area (TPSA) is 66.8 Å². The summed E-state index contributed by atoms with van der Waals surface area (Å²) in [5.74, 6) is -0.612. The van der Waals surface area contributed by atoms with Gasteiger partial charge in [0.05, 0.1) is 6.61 Å². The van der Waals surface area contributed by atoms with Gasteiger partial charge >= 0.3 is 5.97 Å². The summed E-state index contributed by atoms with van der Waals surface area (Å²) in [5.41, 5.74) is -0.304. The van der Waals surface area contributed by atoms with Crippen LogP contribution in [0.4, 0.5) is 0 Å². The van der Waals surface area contributed by atoms with Crippen molar-refractivity contribution < 1.29 is 19.4 Å². The third kappa shape index (κ3) is 2.61. The van der Waals surface area contributed by atoms with Crippen molar-refractivity contribution in [3.8, 4) is 5.75 Å². The van der Waals surface area contributed by atoms with Crippen LogP contribution in [0.25, 0.3) is 0 Å². The second-order valence-corrected chi connectivity index (χ2v) is 5.09. The normalized spacial score (nSPS) is 15.5. The third-order valence-corrected chi connectivity index (χ3v) is 3.60. The number of amides is 1. The van der Waals surface area contributed by atoms with Crippen LogP contribution < -0.4 is 4.74 Å². The van der Waals surface area contributed by atoms with Crippen LogP contribution in [0.1, 0.15) is 25.3 Å². The molecule has 2 rings (SSSR count). The molecule has 1 N–H and O–H groups in total. The number of rotatable bonds is 6. The van der Waals surface area contributed by atoms with Gasteiger partial charge in [-0.3, -0.25) is 9.59 Å². The van der Waals surface area contributed by atoms with Crippen molar-refractivity contribution in [2.24, 2.45) is 5.41 Å². The van der Waals surface area contributed by atoms with Crippen LogP contribution in [-0.2, 0) is 16.1 Å². The fraction of sp³-hybridized carbons (Fsp3) is 0.467. The van der Waals surface area contributed by atoms with E-state index < -0.39 is 11.4 Å². The molecule has 0 aromatic heterocycles. The Labute approximate surface area is 118 Å². The molecule has 1 amide bonds. The van der Waals surface area contributed by atoms with Gasteiger partial charge in [-0.15, -0.1) is 0 Å². The van der Waals surface area contributed by atoms with Crippen LogP contribution in [-0.4, -0.2) is 35.5 Å². The fourth-order valence-corrected chi connectivity index (χ4v) is 2.27. The summed E-state index contributed by atoms with van der Waals surface area (Å²) in [6.45, 7) is 2.80. The van der Waals surface area contributed by atoms with Crippen LogP contribution in [0.2, 0.25) is 0 Å². The minimum Gasteiger partial charge on any atom is -0.494 e. The maximum Gasteiger partial charge on any atom is 0.319 e. The number of para-hydroxylation sites is 1. The average Bonchev–Trinajstić information content (AvgIpc) is 3.22. The second kappa shape index (κ2) is 5.53. The molecule has 1 aromatic rings. The first-order valence-corrected chi connectivity index (χ1v) is 6.71. The van der Waals surface area contributed by atoms with Gasteiger partial charge in [0.1, 0.15) is 11.2 Å². The van der Waals surface area contributed by atoms with Gasteiger partial charge in [0.15, 0.2) is 0 Å². The van der Waals surface area contributed by atoms with Crippen molar-refractivity contribution in [3.05, 3.63) is 29.8 Å². The van der Waals surface area contributed by atoms with Gasteiger partial charge in [0, 0.05) is 19.2 Å². The Hall–Kier alpha value is -2.04. The summed E-state index contributed by atoms with van der Waals surface area (Å²) >= 11 is 0. The van der Waals surface area contributed by atoms with E-state index in [1.165, 1.54) is 4.90 Å². The van der Waals surface area contributed by atoms with Crippen LogP contribution in [0.15, 0.2) is 24.3 Å². The molecule has 0 unspecified atom stereocenters. The molecule has 0 heterocycles. The molecule has 5 nitrogen and oxygen atoms in total. The number of aliphatic carboxylic acids is 1. The molecule has 1 aromatic carbocycles. The first-order valence-electron chi connectivity index (χ1n) is 6.71. The lowest BCUT2D eigenvalue weighted by Gasteiger charge is -2.22. The number of hydrogen-bond donors (Lipinski definition) is 1. The zero-order valence-electron chi connectivity index (χ0n) is 11.8. The standard InChI is InChI=1S/C15H19NO4/c1-3-20-12-7-5-4-6-11(12)10-16(2)13(17)15(8-9-15)14(18)19/h4-7H,3,8-10H2,1-2H3,(H,18,19). The Morgan fingerprint density at radius 1 is 1.35 bits per heavy atom. The monoisotopic (exact) mass is 277 g/mol. The van der Waals surface area contributed by atoms with Gasteiger partial charge < -0.3 is 14.7 Å². The van der Waals surface area contributed by atoms with Crippen molar-refractivity contribution in [2.45, 2.75) is 26.3 Å². The first-order chi connectivity index (χ1) is 9.51. The summed E-state index contributed by atoms with van der Waals surface area (Å²) in [7, 11) is 1.63. The minimum atomic E-state index is -1.19. The van der Waals surface area contributed by atoms with E-state index in [0.717, 1.165) is 11.3 Å². The summed E-state index contributed by atoms with van der Waals surface area (Å²) in [6.07, 6.45) is 0.858. The highest BCUT2D eigenvalue weighted by atomic mass is 16.5. The Bertz CT molecular complexity index is 522. The summed E-state index contributed by atoms with van der Waals surface area (Å²) in [5, 5.41) is 9.16. The van der Waals surface area contributed by atoms with Crippen LogP contribution in [0.5, 0.6) is 5.75 Å².